The molecule has 1 atom stereocenters. The van der Waals surface area contributed by atoms with E-state index in [1.54, 1.807) is 0 Å². The van der Waals surface area contributed by atoms with Gasteiger partial charge in [0.05, 0.1) is 0 Å². The van der Waals surface area contributed by atoms with Crippen LogP contribution in [0.1, 0.15) is 33.1 Å². The van der Waals surface area contributed by atoms with Gasteiger partial charge in [-0.1, -0.05) is 13.3 Å². The van der Waals surface area contributed by atoms with Gasteiger partial charge in [0.2, 0.25) is 5.91 Å². The molecule has 3 N–H and O–H groups in total. The Morgan fingerprint density at radius 3 is 2.58 bits per heavy atom. The summed E-state index contributed by atoms with van der Waals surface area (Å²) < 4.78 is 0. The lowest BCUT2D eigenvalue weighted by atomic mass is 10.0. The first-order valence-electron chi connectivity index (χ1n) is 4.71. The van der Waals surface area contributed by atoms with Gasteiger partial charge in [-0.2, -0.15) is 0 Å². The van der Waals surface area contributed by atoms with Crippen LogP contribution in [0, 0.1) is 5.92 Å². The molecule has 3 heteroatoms. The van der Waals surface area contributed by atoms with Crippen LogP contribution in [0.25, 0.3) is 0 Å². The van der Waals surface area contributed by atoms with Gasteiger partial charge in [-0.05, 0) is 25.8 Å². The summed E-state index contributed by atoms with van der Waals surface area (Å²) in [6, 6.07) is 0. The maximum atomic E-state index is 11.0. The third-order valence-electron chi connectivity index (χ3n) is 2.06. The van der Waals surface area contributed by atoms with Crippen molar-refractivity contribution in [1.29, 1.82) is 0 Å². The summed E-state index contributed by atoms with van der Waals surface area (Å²) >= 11 is 0. The van der Waals surface area contributed by atoms with Gasteiger partial charge in [0.1, 0.15) is 0 Å². The van der Waals surface area contributed by atoms with Gasteiger partial charge < -0.3 is 11.1 Å². The lowest BCUT2D eigenvalue weighted by Gasteiger charge is -2.10. The number of amides is 1. The Labute approximate surface area is 74.7 Å². The van der Waals surface area contributed by atoms with Crippen molar-refractivity contribution in [3.05, 3.63) is 0 Å². The highest BCUT2D eigenvalue weighted by atomic mass is 16.1. The molecule has 0 aliphatic heterocycles. The van der Waals surface area contributed by atoms with E-state index in [9.17, 15) is 4.79 Å². The minimum atomic E-state index is 0.143. The molecule has 0 aromatic rings. The monoisotopic (exact) mass is 172 g/mol. The largest absolute Gasteiger partial charge is 0.356 e. The molecule has 12 heavy (non-hydrogen) atoms. The van der Waals surface area contributed by atoms with Crippen molar-refractivity contribution in [2.24, 2.45) is 11.7 Å². The second-order valence-corrected chi connectivity index (χ2v) is 3.00. The van der Waals surface area contributed by atoms with E-state index in [1.807, 2.05) is 6.92 Å². The van der Waals surface area contributed by atoms with E-state index >= 15 is 0 Å². The molecule has 0 aromatic carbocycles. The zero-order valence-corrected chi connectivity index (χ0v) is 8.10. The van der Waals surface area contributed by atoms with Crippen molar-refractivity contribution in [3.8, 4) is 0 Å². The molecule has 3 nitrogen and oxygen atoms in total. The van der Waals surface area contributed by atoms with Gasteiger partial charge in [-0.15, -0.1) is 0 Å². The maximum absolute atomic E-state index is 11.0. The Kier molecular flexibility index (Phi) is 6.76. The van der Waals surface area contributed by atoms with Crippen LogP contribution in [0.3, 0.4) is 0 Å². The molecular weight excluding hydrogens is 152 g/mol. The van der Waals surface area contributed by atoms with Crippen LogP contribution in [0.4, 0.5) is 0 Å². The van der Waals surface area contributed by atoms with Crippen LogP contribution in [-0.4, -0.2) is 19.0 Å². The number of hydrogen-bond acceptors (Lipinski definition) is 2. The molecular formula is C9H20N2O. The molecule has 0 heterocycles. The Bertz CT molecular complexity index is 122. The average molecular weight is 172 g/mol. The number of hydrogen-bond donors (Lipinski definition) is 2. The molecule has 0 spiro atoms. The zero-order valence-electron chi connectivity index (χ0n) is 8.10. The minimum absolute atomic E-state index is 0.143. The predicted octanol–water partition coefficient (Wildman–Crippen LogP) is 0.888. The lowest BCUT2D eigenvalue weighted by molar-refractivity contribution is -0.121. The Balaban J connectivity index is 3.44. The van der Waals surface area contributed by atoms with Crippen LogP contribution in [0.5, 0.6) is 0 Å². The fraction of sp³-hybridized carbons (Fsp3) is 0.889. The highest BCUT2D eigenvalue weighted by molar-refractivity contribution is 5.75. The van der Waals surface area contributed by atoms with Crippen molar-refractivity contribution >= 4 is 5.91 Å². The first-order valence-corrected chi connectivity index (χ1v) is 4.71. The van der Waals surface area contributed by atoms with Crippen LogP contribution < -0.4 is 11.1 Å². The van der Waals surface area contributed by atoms with Gasteiger partial charge in [0, 0.05) is 13.0 Å². The minimum Gasteiger partial charge on any atom is -0.356 e. The molecule has 1 amide bonds. The number of carbonyl (C=O) groups is 1. The van der Waals surface area contributed by atoms with Crippen LogP contribution in [0.15, 0.2) is 0 Å². The fourth-order valence-electron chi connectivity index (χ4n) is 1.11. The van der Waals surface area contributed by atoms with Gasteiger partial charge in [0.15, 0.2) is 0 Å². The molecule has 1 unspecified atom stereocenters. The molecule has 0 bridgehead atoms. The zero-order chi connectivity index (χ0) is 9.40. The quantitative estimate of drug-likeness (QED) is 0.625. The molecule has 0 saturated heterocycles. The highest BCUT2D eigenvalue weighted by Gasteiger charge is 2.06. The second kappa shape index (κ2) is 7.10. The predicted molar refractivity (Wildman–Crippen MR) is 50.8 cm³/mol. The number of nitrogens with one attached hydrogen (secondary N) is 1. The molecule has 0 aromatic heterocycles. The first kappa shape index (κ1) is 11.4. The van der Waals surface area contributed by atoms with Crippen LogP contribution in [-0.2, 0) is 4.79 Å². The average Bonchev–Trinajstić information content (AvgIpc) is 2.07. The summed E-state index contributed by atoms with van der Waals surface area (Å²) in [5.41, 5.74) is 5.51. The number of carbonyl (C=O) groups excluding carboxylic acids is 1. The van der Waals surface area contributed by atoms with Crippen molar-refractivity contribution < 1.29 is 4.79 Å². The van der Waals surface area contributed by atoms with Gasteiger partial charge in [-0.25, -0.2) is 0 Å². The van der Waals surface area contributed by atoms with Gasteiger partial charge in [-0.3, -0.25) is 4.79 Å². The third-order valence-corrected chi connectivity index (χ3v) is 2.06. The molecule has 0 aliphatic carbocycles. The summed E-state index contributed by atoms with van der Waals surface area (Å²) in [7, 11) is 0. The van der Waals surface area contributed by atoms with Crippen molar-refractivity contribution in [3.63, 3.8) is 0 Å². The Morgan fingerprint density at radius 2 is 2.17 bits per heavy atom. The third kappa shape index (κ3) is 5.13. The van der Waals surface area contributed by atoms with Crippen molar-refractivity contribution in [2.75, 3.05) is 13.1 Å². The van der Waals surface area contributed by atoms with E-state index in [4.69, 9.17) is 5.73 Å². The SMILES string of the molecule is CCNC(=O)CCC(CC)CN. The lowest BCUT2D eigenvalue weighted by Crippen LogP contribution is -2.24. The second-order valence-electron chi connectivity index (χ2n) is 3.00. The summed E-state index contributed by atoms with van der Waals surface area (Å²) in [5.74, 6) is 0.650. The van der Waals surface area contributed by atoms with Crippen LogP contribution in [0.2, 0.25) is 0 Å². The first-order chi connectivity index (χ1) is 5.74. The van der Waals surface area contributed by atoms with Crippen molar-refractivity contribution in [2.45, 2.75) is 33.1 Å². The van der Waals surface area contributed by atoms with Crippen LogP contribution >= 0.6 is 0 Å². The Morgan fingerprint density at radius 1 is 1.50 bits per heavy atom. The van der Waals surface area contributed by atoms with E-state index < -0.39 is 0 Å². The molecule has 0 fully saturated rings. The maximum Gasteiger partial charge on any atom is 0.219 e. The molecule has 0 aliphatic rings. The molecule has 72 valence electrons. The topological polar surface area (TPSA) is 55.1 Å². The standard InChI is InChI=1S/C9H20N2O/c1-3-8(7-10)5-6-9(12)11-4-2/h8H,3-7,10H2,1-2H3,(H,11,12). The highest BCUT2D eigenvalue weighted by Crippen LogP contribution is 2.08. The summed E-state index contributed by atoms with van der Waals surface area (Å²) in [5, 5.41) is 2.77. The van der Waals surface area contributed by atoms with E-state index in [0.717, 1.165) is 19.4 Å². The number of rotatable bonds is 6. The summed E-state index contributed by atoms with van der Waals surface area (Å²) in [6.45, 7) is 5.45. The molecule has 0 saturated carbocycles. The van der Waals surface area contributed by atoms with Crippen molar-refractivity contribution in [1.82, 2.24) is 5.32 Å². The molecule has 0 radical (unpaired) electrons. The smallest absolute Gasteiger partial charge is 0.219 e. The summed E-state index contributed by atoms with van der Waals surface area (Å²) in [4.78, 5) is 11.0. The normalized spacial score (nSPS) is 12.6. The molecule has 0 rings (SSSR count). The van der Waals surface area contributed by atoms with Gasteiger partial charge in [0.25, 0.3) is 0 Å². The van der Waals surface area contributed by atoms with E-state index in [-0.39, 0.29) is 5.91 Å². The van der Waals surface area contributed by atoms with E-state index in [1.165, 1.54) is 0 Å². The van der Waals surface area contributed by atoms with E-state index in [2.05, 4.69) is 12.2 Å². The number of nitrogens with two attached hydrogens (primary N) is 1. The van der Waals surface area contributed by atoms with E-state index in [0.29, 0.717) is 18.9 Å². The van der Waals surface area contributed by atoms with Gasteiger partial charge >= 0.3 is 0 Å². The summed E-state index contributed by atoms with van der Waals surface area (Å²) in [6.07, 6.45) is 2.60. The Hall–Kier alpha value is -0.570. The fourth-order valence-corrected chi connectivity index (χ4v) is 1.11.